The number of methoxy groups -OCH3 is 1. The second-order valence-corrected chi connectivity index (χ2v) is 3.40. The summed E-state index contributed by atoms with van der Waals surface area (Å²) in [5, 5.41) is 2.59. The summed E-state index contributed by atoms with van der Waals surface area (Å²) < 4.78 is 9.80. The van der Waals surface area contributed by atoms with Gasteiger partial charge in [0.2, 0.25) is 0 Å². The molecule has 5 heteroatoms. The van der Waals surface area contributed by atoms with Crippen molar-refractivity contribution in [1.29, 1.82) is 0 Å². The molecule has 0 radical (unpaired) electrons. The van der Waals surface area contributed by atoms with Crippen molar-refractivity contribution in [3.05, 3.63) is 42.5 Å². The Morgan fingerprint density at radius 3 is 2.56 bits per heavy atom. The molecular weight excluding hydrogens is 234 g/mol. The van der Waals surface area contributed by atoms with Gasteiger partial charge in [0.05, 0.1) is 12.7 Å². The molecule has 1 aromatic rings. The van der Waals surface area contributed by atoms with Gasteiger partial charge >= 0.3 is 5.97 Å². The Bertz CT molecular complexity index is 425. The summed E-state index contributed by atoms with van der Waals surface area (Å²) in [5.74, 6) is -0.131. The number of carbonyl (C=O) groups excluding carboxylic acids is 2. The van der Waals surface area contributed by atoms with Crippen LogP contribution in [0.15, 0.2) is 36.9 Å². The number of amides is 1. The molecule has 0 unspecified atom stereocenters. The van der Waals surface area contributed by atoms with E-state index in [1.807, 2.05) is 0 Å². The van der Waals surface area contributed by atoms with E-state index in [9.17, 15) is 9.59 Å². The van der Waals surface area contributed by atoms with Crippen molar-refractivity contribution in [3.8, 4) is 5.75 Å². The Morgan fingerprint density at radius 1 is 1.33 bits per heavy atom. The third-order valence-electron chi connectivity index (χ3n) is 2.09. The molecule has 96 valence electrons. The Hall–Kier alpha value is -2.30. The third-order valence-corrected chi connectivity index (χ3v) is 2.09. The lowest BCUT2D eigenvalue weighted by Crippen LogP contribution is -2.28. The second kappa shape index (κ2) is 7.11. The van der Waals surface area contributed by atoms with Crippen molar-refractivity contribution >= 4 is 11.9 Å². The largest absolute Gasteiger partial charge is 0.484 e. The topological polar surface area (TPSA) is 64.6 Å². The summed E-state index contributed by atoms with van der Waals surface area (Å²) in [5.41, 5.74) is 0.431. The average molecular weight is 249 g/mol. The highest BCUT2D eigenvalue weighted by molar-refractivity contribution is 5.89. The maximum absolute atomic E-state index is 11.2. The van der Waals surface area contributed by atoms with Crippen LogP contribution in [0, 0.1) is 0 Å². The van der Waals surface area contributed by atoms with E-state index in [2.05, 4.69) is 16.6 Å². The number of nitrogens with one attached hydrogen (secondary N) is 1. The molecule has 1 rings (SSSR count). The molecule has 0 saturated carbocycles. The van der Waals surface area contributed by atoms with Gasteiger partial charge < -0.3 is 14.8 Å². The van der Waals surface area contributed by atoms with Gasteiger partial charge in [0.1, 0.15) is 5.75 Å². The summed E-state index contributed by atoms with van der Waals surface area (Å²) >= 11 is 0. The van der Waals surface area contributed by atoms with E-state index in [0.717, 1.165) is 0 Å². The first-order valence-corrected chi connectivity index (χ1v) is 5.36. The molecule has 0 saturated heterocycles. The minimum atomic E-state index is -0.412. The Kier molecular flexibility index (Phi) is 5.44. The summed E-state index contributed by atoms with van der Waals surface area (Å²) in [7, 11) is 1.32. The van der Waals surface area contributed by atoms with Crippen LogP contribution in [-0.4, -0.2) is 32.1 Å². The lowest BCUT2D eigenvalue weighted by Gasteiger charge is -2.06. The van der Waals surface area contributed by atoms with Crippen molar-refractivity contribution in [2.24, 2.45) is 0 Å². The smallest absolute Gasteiger partial charge is 0.337 e. The first-order valence-electron chi connectivity index (χ1n) is 5.36. The van der Waals surface area contributed by atoms with Gasteiger partial charge in [-0.15, -0.1) is 6.58 Å². The van der Waals surface area contributed by atoms with Gasteiger partial charge in [-0.25, -0.2) is 4.79 Å². The minimum Gasteiger partial charge on any atom is -0.484 e. The van der Waals surface area contributed by atoms with Crippen LogP contribution in [0.25, 0.3) is 0 Å². The van der Waals surface area contributed by atoms with Gasteiger partial charge in [-0.05, 0) is 24.3 Å². The van der Waals surface area contributed by atoms with Gasteiger partial charge in [0, 0.05) is 6.54 Å². The molecule has 1 amide bonds. The highest BCUT2D eigenvalue weighted by Gasteiger charge is 2.05. The van der Waals surface area contributed by atoms with Crippen LogP contribution in [0.1, 0.15) is 10.4 Å². The summed E-state index contributed by atoms with van der Waals surface area (Å²) in [6, 6.07) is 6.35. The standard InChI is InChI=1S/C13H15NO4/c1-3-8-14-12(15)9-18-11-6-4-10(5-7-11)13(16)17-2/h3-7H,1,8-9H2,2H3,(H,14,15). The monoisotopic (exact) mass is 249 g/mol. The summed E-state index contributed by atoms with van der Waals surface area (Å²) in [6.07, 6.45) is 1.59. The van der Waals surface area contributed by atoms with Crippen molar-refractivity contribution in [3.63, 3.8) is 0 Å². The highest BCUT2D eigenvalue weighted by Crippen LogP contribution is 2.12. The molecule has 5 nitrogen and oxygen atoms in total. The molecule has 1 aromatic carbocycles. The third kappa shape index (κ3) is 4.29. The fraction of sp³-hybridized carbons (Fsp3) is 0.231. The predicted octanol–water partition coefficient (Wildman–Crippen LogP) is 1.15. The minimum absolute atomic E-state index is 0.0780. The van der Waals surface area contributed by atoms with Crippen molar-refractivity contribution in [2.75, 3.05) is 20.3 Å². The first kappa shape index (κ1) is 13.8. The SMILES string of the molecule is C=CCNC(=O)COc1ccc(C(=O)OC)cc1. The molecule has 0 aliphatic carbocycles. The first-order chi connectivity index (χ1) is 8.67. The Morgan fingerprint density at radius 2 is 2.00 bits per heavy atom. The number of benzene rings is 1. The second-order valence-electron chi connectivity index (χ2n) is 3.40. The van der Waals surface area contributed by atoms with E-state index >= 15 is 0 Å². The molecule has 0 spiro atoms. The van der Waals surface area contributed by atoms with Crippen molar-refractivity contribution in [2.45, 2.75) is 0 Å². The van der Waals surface area contributed by atoms with Crippen LogP contribution in [0.3, 0.4) is 0 Å². The van der Waals surface area contributed by atoms with E-state index < -0.39 is 5.97 Å². The quantitative estimate of drug-likeness (QED) is 0.607. The van der Waals surface area contributed by atoms with Crippen molar-refractivity contribution in [1.82, 2.24) is 5.32 Å². The fourth-order valence-electron chi connectivity index (χ4n) is 1.19. The maximum atomic E-state index is 11.2. The number of hydrogen-bond acceptors (Lipinski definition) is 4. The predicted molar refractivity (Wildman–Crippen MR) is 66.5 cm³/mol. The van der Waals surface area contributed by atoms with Crippen LogP contribution in [0.2, 0.25) is 0 Å². The molecule has 0 atom stereocenters. The Balaban J connectivity index is 2.46. The molecule has 0 aliphatic heterocycles. The number of carbonyl (C=O) groups is 2. The van der Waals surface area contributed by atoms with E-state index in [4.69, 9.17) is 4.74 Å². The van der Waals surface area contributed by atoms with Gasteiger partial charge in [-0.2, -0.15) is 0 Å². The Labute approximate surface area is 105 Å². The van der Waals surface area contributed by atoms with E-state index in [1.54, 1.807) is 30.3 Å². The van der Waals surface area contributed by atoms with E-state index in [1.165, 1.54) is 7.11 Å². The van der Waals surface area contributed by atoms with E-state index in [0.29, 0.717) is 17.9 Å². The van der Waals surface area contributed by atoms with E-state index in [-0.39, 0.29) is 12.5 Å². The highest BCUT2D eigenvalue weighted by atomic mass is 16.5. The number of rotatable bonds is 6. The van der Waals surface area contributed by atoms with Crippen LogP contribution < -0.4 is 10.1 Å². The van der Waals surface area contributed by atoms with Crippen LogP contribution in [0.4, 0.5) is 0 Å². The molecular formula is C13H15NO4. The molecule has 1 N–H and O–H groups in total. The maximum Gasteiger partial charge on any atom is 0.337 e. The normalized spacial score (nSPS) is 9.39. The van der Waals surface area contributed by atoms with Crippen LogP contribution >= 0.6 is 0 Å². The lowest BCUT2D eigenvalue weighted by atomic mass is 10.2. The molecule has 18 heavy (non-hydrogen) atoms. The number of hydrogen-bond donors (Lipinski definition) is 1. The molecule has 0 bridgehead atoms. The fourth-order valence-corrected chi connectivity index (χ4v) is 1.19. The van der Waals surface area contributed by atoms with Crippen molar-refractivity contribution < 1.29 is 19.1 Å². The van der Waals surface area contributed by atoms with Gasteiger partial charge in [-0.3, -0.25) is 4.79 Å². The lowest BCUT2D eigenvalue weighted by molar-refractivity contribution is -0.122. The zero-order valence-corrected chi connectivity index (χ0v) is 10.1. The summed E-state index contributed by atoms with van der Waals surface area (Å²) in [4.78, 5) is 22.4. The van der Waals surface area contributed by atoms with Gasteiger partial charge in [0.25, 0.3) is 5.91 Å². The summed E-state index contributed by atoms with van der Waals surface area (Å²) in [6.45, 7) is 3.81. The average Bonchev–Trinajstić information content (AvgIpc) is 2.42. The number of esters is 1. The zero-order valence-electron chi connectivity index (χ0n) is 10.1. The molecule has 0 heterocycles. The molecule has 0 aliphatic rings. The number of ether oxygens (including phenoxy) is 2. The molecule has 0 aromatic heterocycles. The van der Waals surface area contributed by atoms with Gasteiger partial charge in [0.15, 0.2) is 6.61 Å². The van der Waals surface area contributed by atoms with Crippen LogP contribution in [0.5, 0.6) is 5.75 Å². The van der Waals surface area contributed by atoms with Crippen LogP contribution in [-0.2, 0) is 9.53 Å². The zero-order chi connectivity index (χ0) is 13.4. The molecule has 0 fully saturated rings. The van der Waals surface area contributed by atoms with Gasteiger partial charge in [-0.1, -0.05) is 6.08 Å².